The maximum absolute atomic E-state index is 12.8. The van der Waals surface area contributed by atoms with E-state index in [1.54, 1.807) is 6.92 Å². The zero-order valence-electron chi connectivity index (χ0n) is 11.3. The van der Waals surface area contributed by atoms with Gasteiger partial charge >= 0.3 is 6.18 Å². The monoisotopic (exact) mass is 297 g/mol. The second-order valence-corrected chi connectivity index (χ2v) is 4.44. The van der Waals surface area contributed by atoms with Gasteiger partial charge < -0.3 is 9.84 Å². The largest absolute Gasteiger partial charge is 0.455 e. The number of hydrogen-bond donors (Lipinski definition) is 1. The molecule has 0 bridgehead atoms. The average Bonchev–Trinajstić information content (AvgIpc) is 2.47. The van der Waals surface area contributed by atoms with Crippen LogP contribution in [0.5, 0.6) is 11.5 Å². The summed E-state index contributed by atoms with van der Waals surface area (Å²) in [5, 5.41) is 9.61. The molecule has 3 nitrogen and oxygen atoms in total. The Morgan fingerprint density at radius 3 is 2.48 bits per heavy atom. The number of hydrogen-bond acceptors (Lipinski definition) is 3. The topological polar surface area (TPSA) is 42.4 Å². The summed E-state index contributed by atoms with van der Waals surface area (Å²) in [6, 6.07) is 7.98. The Kier molecular flexibility index (Phi) is 4.47. The van der Waals surface area contributed by atoms with E-state index in [2.05, 4.69) is 4.98 Å². The maximum Gasteiger partial charge on any atom is 0.419 e. The fraction of sp³-hybridized carbons (Fsp3) is 0.267. The van der Waals surface area contributed by atoms with Crippen molar-refractivity contribution in [1.29, 1.82) is 0 Å². The number of alkyl halides is 3. The predicted molar refractivity (Wildman–Crippen MR) is 71.0 cm³/mol. The van der Waals surface area contributed by atoms with E-state index in [4.69, 9.17) is 4.74 Å². The molecule has 0 saturated heterocycles. The van der Waals surface area contributed by atoms with Crippen LogP contribution in [-0.2, 0) is 6.18 Å². The number of benzene rings is 1. The van der Waals surface area contributed by atoms with Gasteiger partial charge in [-0.25, -0.2) is 0 Å². The lowest BCUT2D eigenvalue weighted by atomic mass is 10.2. The van der Waals surface area contributed by atoms with Gasteiger partial charge in [-0.1, -0.05) is 19.1 Å². The van der Waals surface area contributed by atoms with E-state index < -0.39 is 17.8 Å². The van der Waals surface area contributed by atoms with Crippen LogP contribution in [0.4, 0.5) is 13.2 Å². The van der Waals surface area contributed by atoms with Crippen molar-refractivity contribution in [2.75, 3.05) is 0 Å². The Balaban J connectivity index is 2.23. The van der Waals surface area contributed by atoms with Gasteiger partial charge in [-0.2, -0.15) is 13.2 Å². The molecular weight excluding hydrogens is 283 g/mol. The maximum atomic E-state index is 12.8. The number of para-hydroxylation sites is 1. The molecule has 0 saturated carbocycles. The summed E-state index contributed by atoms with van der Waals surface area (Å²) < 4.78 is 43.8. The van der Waals surface area contributed by atoms with Gasteiger partial charge in [-0.3, -0.25) is 4.98 Å². The van der Waals surface area contributed by atoms with E-state index in [-0.39, 0.29) is 11.5 Å². The van der Waals surface area contributed by atoms with Gasteiger partial charge in [0, 0.05) is 0 Å². The molecule has 1 unspecified atom stereocenters. The highest BCUT2D eigenvalue weighted by molar-refractivity contribution is 5.39. The number of aromatic nitrogens is 1. The van der Waals surface area contributed by atoms with E-state index in [0.717, 1.165) is 6.07 Å². The van der Waals surface area contributed by atoms with E-state index >= 15 is 0 Å². The van der Waals surface area contributed by atoms with Crippen molar-refractivity contribution in [3.63, 3.8) is 0 Å². The van der Waals surface area contributed by atoms with Crippen LogP contribution in [-0.4, -0.2) is 10.1 Å². The van der Waals surface area contributed by atoms with Crippen LogP contribution in [0, 0.1) is 0 Å². The van der Waals surface area contributed by atoms with Crippen LogP contribution in [0.2, 0.25) is 0 Å². The second kappa shape index (κ2) is 6.13. The average molecular weight is 297 g/mol. The summed E-state index contributed by atoms with van der Waals surface area (Å²) in [4.78, 5) is 3.98. The summed E-state index contributed by atoms with van der Waals surface area (Å²) in [6.07, 6.45) is -3.38. The Hall–Kier alpha value is -2.08. The summed E-state index contributed by atoms with van der Waals surface area (Å²) in [5.41, 5.74) is -0.392. The third-order valence-corrected chi connectivity index (χ3v) is 2.91. The minimum absolute atomic E-state index is 0.179. The van der Waals surface area contributed by atoms with Crippen LogP contribution in [0.15, 0.2) is 42.6 Å². The van der Waals surface area contributed by atoms with Gasteiger partial charge in [-0.05, 0) is 30.7 Å². The Labute approximate surface area is 120 Å². The number of halogens is 3. The van der Waals surface area contributed by atoms with Crippen molar-refractivity contribution in [3.05, 3.63) is 53.9 Å². The van der Waals surface area contributed by atoms with Crippen molar-refractivity contribution in [2.24, 2.45) is 0 Å². The van der Waals surface area contributed by atoms with Gasteiger partial charge in [0.25, 0.3) is 0 Å². The first-order chi connectivity index (χ1) is 9.91. The lowest BCUT2D eigenvalue weighted by Crippen LogP contribution is -2.07. The number of nitrogens with zero attached hydrogens (tertiary/aromatic N) is 1. The fourth-order valence-corrected chi connectivity index (χ4v) is 1.78. The molecule has 0 aliphatic heterocycles. The number of pyridine rings is 1. The highest BCUT2D eigenvalue weighted by Gasteiger charge is 2.34. The zero-order chi connectivity index (χ0) is 15.5. The molecule has 0 aliphatic carbocycles. The van der Waals surface area contributed by atoms with Gasteiger partial charge in [-0.15, -0.1) is 0 Å². The fourth-order valence-electron chi connectivity index (χ4n) is 1.78. The molecule has 0 radical (unpaired) electrons. The predicted octanol–water partition coefficient (Wildman–Crippen LogP) is 4.34. The molecule has 1 aromatic carbocycles. The standard InChI is InChI=1S/C15H14F3NO2/c1-2-13(20)12-8-7-10(9-19-12)21-14-6-4-3-5-11(14)15(16,17)18/h3-9,13,20H,2H2,1H3. The highest BCUT2D eigenvalue weighted by atomic mass is 19.4. The molecule has 0 aliphatic rings. The number of rotatable bonds is 4. The van der Waals surface area contributed by atoms with Crippen molar-refractivity contribution >= 4 is 0 Å². The molecule has 2 rings (SSSR count). The smallest absolute Gasteiger partial charge is 0.419 e. The Morgan fingerprint density at radius 1 is 1.19 bits per heavy atom. The third kappa shape index (κ3) is 3.72. The molecule has 1 heterocycles. The molecule has 1 atom stereocenters. The molecule has 1 N–H and O–H groups in total. The van der Waals surface area contributed by atoms with Crippen molar-refractivity contribution in [1.82, 2.24) is 4.98 Å². The molecule has 0 spiro atoms. The van der Waals surface area contributed by atoms with Crippen molar-refractivity contribution in [3.8, 4) is 11.5 Å². The first-order valence-electron chi connectivity index (χ1n) is 6.40. The van der Waals surface area contributed by atoms with Gasteiger partial charge in [0.05, 0.1) is 23.6 Å². The summed E-state index contributed by atoms with van der Waals surface area (Å²) in [5.74, 6) is -0.102. The molecule has 112 valence electrons. The number of aliphatic hydroxyl groups excluding tert-OH is 1. The van der Waals surface area contributed by atoms with Crippen LogP contribution in [0.25, 0.3) is 0 Å². The molecular formula is C15H14F3NO2. The normalized spacial score (nSPS) is 13.0. The Morgan fingerprint density at radius 2 is 1.90 bits per heavy atom. The van der Waals surface area contributed by atoms with E-state index in [1.807, 2.05) is 0 Å². The lowest BCUT2D eigenvalue weighted by Gasteiger charge is -2.13. The first-order valence-corrected chi connectivity index (χ1v) is 6.40. The van der Waals surface area contributed by atoms with E-state index in [0.29, 0.717) is 12.1 Å². The second-order valence-electron chi connectivity index (χ2n) is 4.44. The van der Waals surface area contributed by atoms with Crippen molar-refractivity contribution in [2.45, 2.75) is 25.6 Å². The number of ether oxygens (including phenoxy) is 1. The molecule has 2 aromatic rings. The van der Waals surface area contributed by atoms with Gasteiger partial charge in [0.2, 0.25) is 0 Å². The van der Waals surface area contributed by atoms with Crippen molar-refractivity contribution < 1.29 is 23.0 Å². The first kappa shape index (κ1) is 15.3. The van der Waals surface area contributed by atoms with Crippen LogP contribution < -0.4 is 4.74 Å². The highest BCUT2D eigenvalue weighted by Crippen LogP contribution is 2.37. The van der Waals surface area contributed by atoms with E-state index in [1.165, 1.54) is 36.5 Å². The summed E-state index contributed by atoms with van der Waals surface area (Å²) in [6.45, 7) is 1.80. The minimum atomic E-state index is -4.48. The minimum Gasteiger partial charge on any atom is -0.455 e. The molecule has 6 heteroatoms. The molecule has 0 amide bonds. The van der Waals surface area contributed by atoms with E-state index in [9.17, 15) is 18.3 Å². The Bertz CT molecular complexity index is 597. The van der Waals surface area contributed by atoms with Gasteiger partial charge in [0.1, 0.15) is 11.5 Å². The lowest BCUT2D eigenvalue weighted by molar-refractivity contribution is -0.138. The zero-order valence-corrected chi connectivity index (χ0v) is 11.3. The summed E-state index contributed by atoms with van der Waals surface area (Å²) >= 11 is 0. The van der Waals surface area contributed by atoms with Gasteiger partial charge in [0.15, 0.2) is 0 Å². The SMILES string of the molecule is CCC(O)c1ccc(Oc2ccccc2C(F)(F)F)cn1. The van der Waals surface area contributed by atoms with Crippen LogP contribution in [0.1, 0.15) is 30.7 Å². The molecule has 0 fully saturated rings. The van der Waals surface area contributed by atoms with Crippen LogP contribution >= 0.6 is 0 Å². The molecule has 1 aromatic heterocycles. The molecule has 21 heavy (non-hydrogen) atoms. The third-order valence-electron chi connectivity index (χ3n) is 2.91. The number of aliphatic hydroxyl groups is 1. The summed E-state index contributed by atoms with van der Waals surface area (Å²) in [7, 11) is 0. The van der Waals surface area contributed by atoms with Crippen LogP contribution in [0.3, 0.4) is 0 Å². The quantitative estimate of drug-likeness (QED) is 0.913.